The number of hydrogen-bond donors (Lipinski definition) is 0. The number of carbonyl (C=O) groups is 2. The Morgan fingerprint density at radius 1 is 1.12 bits per heavy atom. The second-order valence-electron chi connectivity index (χ2n) is 8.41. The molecule has 1 aromatic carbocycles. The van der Waals surface area contributed by atoms with Gasteiger partial charge in [0.15, 0.2) is 0 Å². The van der Waals surface area contributed by atoms with Crippen LogP contribution in [0.4, 0.5) is 4.39 Å². The fraction of sp³-hybridized carbons (Fsp3) is 0.458. The molecule has 1 saturated heterocycles. The lowest BCUT2D eigenvalue weighted by atomic mass is 10.1. The third-order valence-corrected chi connectivity index (χ3v) is 6.63. The molecule has 0 saturated carbocycles. The van der Waals surface area contributed by atoms with Crippen LogP contribution in [0.15, 0.2) is 29.1 Å². The van der Waals surface area contributed by atoms with E-state index in [4.69, 9.17) is 21.1 Å². The van der Waals surface area contributed by atoms with Crippen LogP contribution in [0.5, 0.6) is 5.75 Å². The van der Waals surface area contributed by atoms with Crippen molar-refractivity contribution >= 4 is 23.5 Å². The van der Waals surface area contributed by atoms with Gasteiger partial charge < -0.3 is 18.9 Å². The maximum Gasteiger partial charge on any atom is 0.343 e. The van der Waals surface area contributed by atoms with E-state index >= 15 is 0 Å². The summed E-state index contributed by atoms with van der Waals surface area (Å²) in [6.07, 6.45) is 1.78. The molecular weight excluding hydrogens is 465 g/mol. The minimum absolute atomic E-state index is 0.0835. The van der Waals surface area contributed by atoms with Crippen LogP contribution in [0, 0.1) is 5.82 Å². The summed E-state index contributed by atoms with van der Waals surface area (Å²) < 4.78 is 25.8. The average molecular weight is 492 g/mol. The maximum atomic E-state index is 13.4. The molecule has 1 aromatic heterocycles. The van der Waals surface area contributed by atoms with Gasteiger partial charge in [-0.05, 0) is 24.1 Å². The number of esters is 1. The van der Waals surface area contributed by atoms with Gasteiger partial charge in [0.05, 0.1) is 13.7 Å². The van der Waals surface area contributed by atoms with E-state index in [1.54, 1.807) is 15.5 Å². The first-order valence-corrected chi connectivity index (χ1v) is 11.7. The minimum atomic E-state index is -0.578. The maximum absolute atomic E-state index is 13.4. The van der Waals surface area contributed by atoms with Crippen LogP contribution in [-0.4, -0.2) is 66.1 Å². The summed E-state index contributed by atoms with van der Waals surface area (Å²) in [4.78, 5) is 41.3. The smallest absolute Gasteiger partial charge is 0.343 e. The molecule has 0 atom stereocenters. The van der Waals surface area contributed by atoms with Crippen LogP contribution >= 0.6 is 11.6 Å². The highest BCUT2D eigenvalue weighted by Crippen LogP contribution is 2.25. The first-order valence-electron chi connectivity index (χ1n) is 11.3. The SMILES string of the molecule is COC(=O)c1c(OCCN2CCCC2=O)cc(=O)n2c1CCN(Cc1ccc(F)cc1Cl)CC2. The van der Waals surface area contributed by atoms with Crippen molar-refractivity contribution < 1.29 is 23.5 Å². The third kappa shape index (κ3) is 5.26. The number of halogens is 2. The molecule has 34 heavy (non-hydrogen) atoms. The van der Waals surface area contributed by atoms with Crippen LogP contribution < -0.4 is 10.3 Å². The Bertz CT molecular complexity index is 1150. The molecular formula is C24H27ClFN3O5. The Morgan fingerprint density at radius 3 is 2.65 bits per heavy atom. The number of pyridine rings is 1. The number of aromatic nitrogens is 1. The molecule has 1 amide bonds. The van der Waals surface area contributed by atoms with Crippen molar-refractivity contribution in [3.05, 3.63) is 62.3 Å². The standard InChI is InChI=1S/C24H27ClFN3O5/c1-33-24(32)23-19-6-8-27(15-16-4-5-17(26)13-18(16)25)9-10-29(19)22(31)14-20(23)34-12-11-28-7-2-3-21(28)30/h4-5,13-14H,2-3,6-12,15H2,1H3. The molecule has 0 N–H and O–H groups in total. The van der Waals surface area contributed by atoms with Crippen LogP contribution in [-0.2, 0) is 29.0 Å². The minimum Gasteiger partial charge on any atom is -0.491 e. The van der Waals surface area contributed by atoms with E-state index in [9.17, 15) is 18.8 Å². The van der Waals surface area contributed by atoms with Gasteiger partial charge in [-0.25, -0.2) is 9.18 Å². The Labute approximate surface area is 201 Å². The lowest BCUT2D eigenvalue weighted by Gasteiger charge is -2.20. The summed E-state index contributed by atoms with van der Waals surface area (Å²) in [6.45, 7) is 3.23. The number of hydrogen-bond acceptors (Lipinski definition) is 6. The molecule has 0 spiro atoms. The van der Waals surface area contributed by atoms with Crippen molar-refractivity contribution in [3.8, 4) is 5.75 Å². The summed E-state index contributed by atoms with van der Waals surface area (Å²) in [6, 6.07) is 5.61. The van der Waals surface area contributed by atoms with E-state index in [0.717, 1.165) is 12.0 Å². The van der Waals surface area contributed by atoms with Crippen molar-refractivity contribution in [2.45, 2.75) is 32.4 Å². The summed E-state index contributed by atoms with van der Waals surface area (Å²) in [7, 11) is 1.29. The summed E-state index contributed by atoms with van der Waals surface area (Å²) in [5.74, 6) is -0.719. The van der Waals surface area contributed by atoms with Gasteiger partial charge in [-0.3, -0.25) is 14.5 Å². The molecule has 4 rings (SSSR count). The molecule has 2 aliphatic heterocycles. The van der Waals surface area contributed by atoms with E-state index in [1.807, 2.05) is 0 Å². The number of fused-ring (bicyclic) bond motifs is 1. The van der Waals surface area contributed by atoms with Gasteiger partial charge in [0.25, 0.3) is 5.56 Å². The highest BCUT2D eigenvalue weighted by molar-refractivity contribution is 6.31. The van der Waals surface area contributed by atoms with Crippen molar-refractivity contribution in [1.82, 2.24) is 14.4 Å². The number of nitrogens with zero attached hydrogens (tertiary/aromatic N) is 3. The highest BCUT2D eigenvalue weighted by atomic mass is 35.5. The van der Waals surface area contributed by atoms with Gasteiger partial charge >= 0.3 is 5.97 Å². The Morgan fingerprint density at radius 2 is 1.94 bits per heavy atom. The van der Waals surface area contributed by atoms with Crippen LogP contribution in [0.3, 0.4) is 0 Å². The molecule has 8 nitrogen and oxygen atoms in total. The van der Waals surface area contributed by atoms with E-state index in [0.29, 0.717) is 62.8 Å². The van der Waals surface area contributed by atoms with Gasteiger partial charge in [-0.15, -0.1) is 0 Å². The van der Waals surface area contributed by atoms with E-state index < -0.39 is 11.8 Å². The topological polar surface area (TPSA) is 81.1 Å². The summed E-state index contributed by atoms with van der Waals surface area (Å²) in [5, 5.41) is 0.348. The lowest BCUT2D eigenvalue weighted by Crippen LogP contribution is -2.31. The number of ether oxygens (including phenoxy) is 2. The molecule has 10 heteroatoms. The zero-order valence-electron chi connectivity index (χ0n) is 19.0. The fourth-order valence-electron chi connectivity index (χ4n) is 4.48. The molecule has 2 aliphatic rings. The van der Waals surface area contributed by atoms with Crippen molar-refractivity contribution in [2.24, 2.45) is 0 Å². The molecule has 3 heterocycles. The predicted molar refractivity (Wildman–Crippen MR) is 124 cm³/mol. The van der Waals surface area contributed by atoms with Gasteiger partial charge in [0.2, 0.25) is 5.91 Å². The second-order valence-corrected chi connectivity index (χ2v) is 8.81. The number of benzene rings is 1. The van der Waals surface area contributed by atoms with E-state index in [-0.39, 0.29) is 29.4 Å². The van der Waals surface area contributed by atoms with Crippen LogP contribution in [0.2, 0.25) is 5.02 Å². The molecule has 182 valence electrons. The lowest BCUT2D eigenvalue weighted by molar-refractivity contribution is -0.128. The zero-order valence-corrected chi connectivity index (χ0v) is 19.8. The molecule has 0 radical (unpaired) electrons. The number of likely N-dealkylation sites (tertiary alicyclic amines) is 1. The molecule has 0 aliphatic carbocycles. The summed E-state index contributed by atoms with van der Waals surface area (Å²) >= 11 is 6.19. The Kier molecular flexibility index (Phi) is 7.53. The molecule has 0 unspecified atom stereocenters. The number of carbonyl (C=O) groups excluding carboxylic acids is 2. The molecule has 0 bridgehead atoms. The fourth-order valence-corrected chi connectivity index (χ4v) is 4.71. The average Bonchev–Trinajstić information content (AvgIpc) is 3.09. The van der Waals surface area contributed by atoms with E-state index in [2.05, 4.69) is 4.90 Å². The Hall–Kier alpha value is -2.91. The third-order valence-electron chi connectivity index (χ3n) is 6.27. The number of amides is 1. The zero-order chi connectivity index (χ0) is 24.2. The van der Waals surface area contributed by atoms with Gasteiger partial charge in [0.1, 0.15) is 23.7 Å². The summed E-state index contributed by atoms with van der Waals surface area (Å²) in [5.41, 5.74) is 1.31. The van der Waals surface area contributed by atoms with Gasteiger partial charge in [-0.2, -0.15) is 0 Å². The first-order chi connectivity index (χ1) is 16.4. The van der Waals surface area contributed by atoms with Crippen LogP contribution in [0.1, 0.15) is 34.5 Å². The quantitative estimate of drug-likeness (QED) is 0.554. The number of rotatable bonds is 7. The second kappa shape index (κ2) is 10.6. The normalized spacial score (nSPS) is 16.3. The molecule has 1 fully saturated rings. The van der Waals surface area contributed by atoms with Crippen LogP contribution in [0.25, 0.3) is 0 Å². The van der Waals surface area contributed by atoms with Gasteiger partial charge in [-0.1, -0.05) is 17.7 Å². The molecule has 2 aromatic rings. The monoisotopic (exact) mass is 491 g/mol. The van der Waals surface area contributed by atoms with Crippen molar-refractivity contribution in [3.63, 3.8) is 0 Å². The van der Waals surface area contributed by atoms with Crippen molar-refractivity contribution in [1.29, 1.82) is 0 Å². The number of methoxy groups -OCH3 is 1. The van der Waals surface area contributed by atoms with Gasteiger partial charge in [0, 0.05) is 62.3 Å². The Balaban J connectivity index is 1.54. The highest BCUT2D eigenvalue weighted by Gasteiger charge is 2.27. The predicted octanol–water partition coefficient (Wildman–Crippen LogP) is 2.49. The first kappa shape index (κ1) is 24.2. The largest absolute Gasteiger partial charge is 0.491 e. The van der Waals surface area contributed by atoms with Crippen molar-refractivity contribution in [2.75, 3.05) is 39.9 Å². The van der Waals surface area contributed by atoms with E-state index in [1.165, 1.54) is 25.3 Å².